The number of rotatable bonds is 2. The summed E-state index contributed by atoms with van der Waals surface area (Å²) in [5, 5.41) is 10.2. The molecule has 2 N–H and O–H groups in total. The zero-order valence-corrected chi connectivity index (χ0v) is 6.58. The quantitative estimate of drug-likeness (QED) is 0.590. The molecule has 0 atom stereocenters. The average Bonchev–Trinajstić information content (AvgIpc) is 2.01. The Labute approximate surface area is 75.5 Å². The molecule has 0 saturated heterocycles. The lowest BCUT2D eigenvalue weighted by Gasteiger charge is -2.01. The number of nitrogens with two attached hydrogens (primary N) is 1. The van der Waals surface area contributed by atoms with Crippen LogP contribution in [0.3, 0.4) is 0 Å². The van der Waals surface area contributed by atoms with Crippen molar-refractivity contribution in [3.63, 3.8) is 0 Å². The Balaban J connectivity index is 3.32. The highest BCUT2D eigenvalue weighted by Crippen LogP contribution is 2.27. The first-order chi connectivity index (χ1) is 6.43. The third kappa shape index (κ3) is 1.73. The van der Waals surface area contributed by atoms with Crippen LogP contribution in [-0.2, 0) is 0 Å². The van der Waals surface area contributed by atoms with Crippen LogP contribution < -0.4 is 5.73 Å². The maximum atomic E-state index is 12.8. The summed E-state index contributed by atoms with van der Waals surface area (Å²) >= 11 is 0. The number of pyridine rings is 1. The zero-order chi connectivity index (χ0) is 10.9. The summed E-state index contributed by atoms with van der Waals surface area (Å²) in [6, 6.07) is 0.291. The summed E-state index contributed by atoms with van der Waals surface area (Å²) in [7, 11) is 0. The Bertz CT molecular complexity index is 360. The van der Waals surface area contributed by atoms with Gasteiger partial charge in [-0.2, -0.15) is 4.39 Å². The van der Waals surface area contributed by atoms with Gasteiger partial charge in [-0.05, 0) is 0 Å². The molecule has 0 aromatic carbocycles. The molecule has 1 aromatic heterocycles. The third-order valence-electron chi connectivity index (χ3n) is 1.40. The molecule has 0 spiro atoms. The van der Waals surface area contributed by atoms with E-state index >= 15 is 0 Å². The molecule has 1 aromatic rings. The first-order valence-corrected chi connectivity index (χ1v) is 3.32. The third-order valence-corrected chi connectivity index (χ3v) is 1.40. The molecule has 14 heavy (non-hydrogen) atoms. The highest BCUT2D eigenvalue weighted by molar-refractivity contribution is 5.53. The molecule has 0 amide bonds. The number of anilines is 1. The van der Waals surface area contributed by atoms with Gasteiger partial charge in [-0.3, -0.25) is 10.1 Å². The molecule has 0 unspecified atom stereocenters. The predicted octanol–water partition coefficient (Wildman–Crippen LogP) is 1.65. The van der Waals surface area contributed by atoms with E-state index in [1.807, 2.05) is 0 Å². The van der Waals surface area contributed by atoms with Crippen molar-refractivity contribution in [3.8, 4) is 0 Å². The molecule has 5 nitrogen and oxygen atoms in total. The molecule has 0 radical (unpaired) electrons. The predicted molar refractivity (Wildman–Crippen MR) is 40.2 cm³/mol. The van der Waals surface area contributed by atoms with Gasteiger partial charge in [-0.15, -0.1) is 0 Å². The maximum Gasteiger partial charge on any atom is 0.346 e. The van der Waals surface area contributed by atoms with Crippen LogP contribution >= 0.6 is 0 Å². The van der Waals surface area contributed by atoms with Crippen LogP contribution in [-0.4, -0.2) is 9.91 Å². The van der Waals surface area contributed by atoms with Crippen LogP contribution in [0.1, 0.15) is 12.1 Å². The second-order valence-electron chi connectivity index (χ2n) is 2.32. The SMILES string of the molecule is Nc1nc(C(F)F)cc(F)c1[N+](=O)[O-]. The van der Waals surface area contributed by atoms with Crippen molar-refractivity contribution in [2.45, 2.75) is 6.43 Å². The van der Waals surface area contributed by atoms with Gasteiger partial charge >= 0.3 is 5.69 Å². The van der Waals surface area contributed by atoms with Gasteiger partial charge < -0.3 is 5.73 Å². The summed E-state index contributed by atoms with van der Waals surface area (Å²) in [5.74, 6) is -2.27. The molecule has 0 aliphatic heterocycles. The van der Waals surface area contributed by atoms with Crippen molar-refractivity contribution in [2.75, 3.05) is 5.73 Å². The van der Waals surface area contributed by atoms with Crippen molar-refractivity contribution in [1.29, 1.82) is 0 Å². The van der Waals surface area contributed by atoms with Crippen molar-refractivity contribution in [3.05, 3.63) is 27.7 Å². The van der Waals surface area contributed by atoms with Gasteiger partial charge in [0.2, 0.25) is 11.6 Å². The minimum Gasteiger partial charge on any atom is -0.378 e. The number of nitrogens with zero attached hydrogens (tertiary/aromatic N) is 2. The Morgan fingerprint density at radius 2 is 2.14 bits per heavy atom. The van der Waals surface area contributed by atoms with E-state index in [0.717, 1.165) is 0 Å². The molecule has 0 bridgehead atoms. The summed E-state index contributed by atoms with van der Waals surface area (Å²) in [4.78, 5) is 12.1. The molecule has 1 rings (SSSR count). The van der Waals surface area contributed by atoms with Gasteiger partial charge in [0.15, 0.2) is 0 Å². The number of nitro groups is 1. The number of aromatic nitrogens is 1. The number of halogens is 3. The van der Waals surface area contributed by atoms with E-state index in [0.29, 0.717) is 6.07 Å². The highest BCUT2D eigenvalue weighted by atomic mass is 19.3. The monoisotopic (exact) mass is 207 g/mol. The lowest BCUT2D eigenvalue weighted by molar-refractivity contribution is -0.386. The fraction of sp³-hybridized carbons (Fsp3) is 0.167. The Hall–Kier alpha value is -1.86. The lowest BCUT2D eigenvalue weighted by Crippen LogP contribution is -2.04. The number of nitrogen functional groups attached to an aromatic ring is 1. The Kier molecular flexibility index (Phi) is 2.54. The van der Waals surface area contributed by atoms with Crippen LogP contribution in [0, 0.1) is 15.9 Å². The molecule has 0 aliphatic carbocycles. The van der Waals surface area contributed by atoms with E-state index < -0.39 is 34.4 Å². The Morgan fingerprint density at radius 3 is 2.50 bits per heavy atom. The van der Waals surface area contributed by atoms with Crippen molar-refractivity contribution in [1.82, 2.24) is 4.98 Å². The van der Waals surface area contributed by atoms with Gasteiger partial charge in [0.05, 0.1) is 4.92 Å². The largest absolute Gasteiger partial charge is 0.378 e. The number of hydrogen-bond donors (Lipinski definition) is 1. The van der Waals surface area contributed by atoms with E-state index in [4.69, 9.17) is 5.73 Å². The molecule has 0 fully saturated rings. The summed E-state index contributed by atoms with van der Waals surface area (Å²) < 4.78 is 36.8. The minimum atomic E-state index is -3.02. The highest BCUT2D eigenvalue weighted by Gasteiger charge is 2.23. The second-order valence-corrected chi connectivity index (χ2v) is 2.32. The van der Waals surface area contributed by atoms with Crippen molar-refractivity contribution >= 4 is 11.5 Å². The van der Waals surface area contributed by atoms with Crippen LogP contribution in [0.15, 0.2) is 6.07 Å². The van der Waals surface area contributed by atoms with Crippen LogP contribution in [0.2, 0.25) is 0 Å². The van der Waals surface area contributed by atoms with Gasteiger partial charge in [0.1, 0.15) is 5.69 Å². The van der Waals surface area contributed by atoms with Gasteiger partial charge in [0, 0.05) is 6.07 Å². The number of alkyl halides is 2. The maximum absolute atomic E-state index is 12.8. The molecule has 1 heterocycles. The minimum absolute atomic E-state index is 0.291. The first-order valence-electron chi connectivity index (χ1n) is 3.32. The molecule has 0 saturated carbocycles. The molecule has 0 aliphatic rings. The van der Waals surface area contributed by atoms with E-state index in [2.05, 4.69) is 4.98 Å². The van der Waals surface area contributed by atoms with E-state index in [9.17, 15) is 23.3 Å². The average molecular weight is 207 g/mol. The smallest absolute Gasteiger partial charge is 0.346 e. The van der Waals surface area contributed by atoms with Gasteiger partial charge in [-0.25, -0.2) is 13.8 Å². The first kappa shape index (κ1) is 10.2. The summed E-state index contributed by atoms with van der Waals surface area (Å²) in [5.41, 5.74) is 2.92. The van der Waals surface area contributed by atoms with E-state index in [1.165, 1.54) is 0 Å². The fourth-order valence-electron chi connectivity index (χ4n) is 0.837. The van der Waals surface area contributed by atoms with E-state index in [1.54, 1.807) is 0 Å². The normalized spacial score (nSPS) is 10.6. The van der Waals surface area contributed by atoms with E-state index in [-0.39, 0.29) is 0 Å². The molecule has 8 heteroatoms. The molecular weight excluding hydrogens is 203 g/mol. The summed E-state index contributed by atoms with van der Waals surface area (Å²) in [6.07, 6.45) is -3.02. The number of hydrogen-bond acceptors (Lipinski definition) is 4. The zero-order valence-electron chi connectivity index (χ0n) is 6.58. The van der Waals surface area contributed by atoms with Gasteiger partial charge in [0.25, 0.3) is 6.43 Å². The van der Waals surface area contributed by atoms with Crippen LogP contribution in [0.5, 0.6) is 0 Å². The lowest BCUT2D eigenvalue weighted by atomic mass is 10.3. The van der Waals surface area contributed by atoms with Gasteiger partial charge in [-0.1, -0.05) is 0 Å². The topological polar surface area (TPSA) is 82.0 Å². The standard InChI is InChI=1S/C6H4F3N3O2/c7-2-1-3(5(8)9)11-6(10)4(2)12(13)14/h1,5H,(H2,10,11). The van der Waals surface area contributed by atoms with Crippen molar-refractivity contribution < 1.29 is 18.1 Å². The summed E-state index contributed by atoms with van der Waals surface area (Å²) in [6.45, 7) is 0. The molecule has 76 valence electrons. The van der Waals surface area contributed by atoms with Crippen molar-refractivity contribution in [2.24, 2.45) is 0 Å². The fourth-order valence-corrected chi connectivity index (χ4v) is 0.837. The van der Waals surface area contributed by atoms with Crippen LogP contribution in [0.4, 0.5) is 24.7 Å². The second kappa shape index (κ2) is 3.48. The Morgan fingerprint density at radius 1 is 1.57 bits per heavy atom. The molecular formula is C6H4F3N3O2. The van der Waals surface area contributed by atoms with Crippen LogP contribution in [0.25, 0.3) is 0 Å².